The van der Waals surface area contributed by atoms with Gasteiger partial charge >= 0.3 is 0 Å². The van der Waals surface area contributed by atoms with Crippen molar-refractivity contribution in [3.05, 3.63) is 0 Å². The first kappa shape index (κ1) is 16.4. The summed E-state index contributed by atoms with van der Waals surface area (Å²) in [5.74, 6) is 0.773. The zero-order chi connectivity index (χ0) is 14.3. The number of rotatable bonds is 7. The topological polar surface area (TPSA) is 61.4 Å². The van der Waals surface area contributed by atoms with Crippen molar-refractivity contribution in [2.75, 3.05) is 13.2 Å². The molecule has 0 aromatic carbocycles. The summed E-state index contributed by atoms with van der Waals surface area (Å²) < 4.78 is 0. The fourth-order valence-corrected chi connectivity index (χ4v) is 2.73. The number of hydrogen-bond acceptors (Lipinski definition) is 3. The summed E-state index contributed by atoms with van der Waals surface area (Å²) in [5, 5.41) is 16.0. The highest BCUT2D eigenvalue weighted by Gasteiger charge is 2.35. The molecule has 0 radical (unpaired) electrons. The molecule has 0 aliphatic heterocycles. The molecule has 1 unspecified atom stereocenters. The van der Waals surface area contributed by atoms with Crippen molar-refractivity contribution in [2.45, 2.75) is 70.9 Å². The summed E-state index contributed by atoms with van der Waals surface area (Å²) in [7, 11) is 0. The van der Waals surface area contributed by atoms with Gasteiger partial charge in [-0.05, 0) is 44.9 Å². The van der Waals surface area contributed by atoms with Crippen LogP contribution in [0.2, 0.25) is 0 Å². The predicted octanol–water partition coefficient (Wildman–Crippen LogP) is 1.82. The van der Waals surface area contributed by atoms with Crippen LogP contribution in [-0.4, -0.2) is 35.7 Å². The van der Waals surface area contributed by atoms with Crippen LogP contribution in [0.3, 0.4) is 0 Å². The van der Waals surface area contributed by atoms with Gasteiger partial charge < -0.3 is 10.4 Å². The second kappa shape index (κ2) is 7.85. The number of carbonyl (C=O) groups is 1. The molecule has 0 aromatic rings. The third-order valence-corrected chi connectivity index (χ3v) is 4.28. The molecule has 0 saturated heterocycles. The molecule has 112 valence electrons. The van der Waals surface area contributed by atoms with Crippen molar-refractivity contribution < 1.29 is 9.90 Å². The Morgan fingerprint density at radius 3 is 2.58 bits per heavy atom. The number of carbonyl (C=O) groups excluding carboxylic acids is 1. The Kier molecular flexibility index (Phi) is 6.80. The summed E-state index contributed by atoms with van der Waals surface area (Å²) >= 11 is 0. The Morgan fingerprint density at radius 1 is 1.42 bits per heavy atom. The predicted molar refractivity (Wildman–Crippen MR) is 78.0 cm³/mol. The van der Waals surface area contributed by atoms with Crippen molar-refractivity contribution >= 4 is 5.91 Å². The summed E-state index contributed by atoms with van der Waals surface area (Å²) in [4.78, 5) is 12.0. The van der Waals surface area contributed by atoms with Crippen molar-refractivity contribution in [2.24, 2.45) is 5.92 Å². The molecule has 1 rings (SSSR count). The lowest BCUT2D eigenvalue weighted by Crippen LogP contribution is -2.57. The smallest absolute Gasteiger partial charge is 0.236 e. The number of hydrogen-bond donors (Lipinski definition) is 3. The molecule has 4 heteroatoms. The van der Waals surface area contributed by atoms with E-state index in [1.807, 2.05) is 6.92 Å². The van der Waals surface area contributed by atoms with Crippen molar-refractivity contribution in [1.29, 1.82) is 0 Å². The SMILES string of the molecule is CCCCNC(=O)C(C)NC1(CO)CCC(C)CC1. The van der Waals surface area contributed by atoms with Gasteiger partial charge in [-0.3, -0.25) is 10.1 Å². The zero-order valence-corrected chi connectivity index (χ0v) is 12.7. The summed E-state index contributed by atoms with van der Waals surface area (Å²) in [6.45, 7) is 7.10. The van der Waals surface area contributed by atoms with Crippen molar-refractivity contribution in [3.63, 3.8) is 0 Å². The van der Waals surface area contributed by atoms with Crippen LogP contribution in [0.5, 0.6) is 0 Å². The molecule has 3 N–H and O–H groups in total. The Hall–Kier alpha value is -0.610. The normalized spacial score (nSPS) is 28.9. The third kappa shape index (κ3) is 5.11. The Balaban J connectivity index is 2.44. The van der Waals surface area contributed by atoms with Crippen LogP contribution in [0.1, 0.15) is 59.3 Å². The fourth-order valence-electron chi connectivity index (χ4n) is 2.73. The lowest BCUT2D eigenvalue weighted by atomic mass is 9.77. The molecule has 1 saturated carbocycles. The van der Waals surface area contributed by atoms with Crippen LogP contribution in [-0.2, 0) is 4.79 Å². The van der Waals surface area contributed by atoms with Gasteiger partial charge in [-0.2, -0.15) is 0 Å². The second-order valence-corrected chi connectivity index (χ2v) is 6.13. The van der Waals surface area contributed by atoms with Gasteiger partial charge in [-0.15, -0.1) is 0 Å². The highest BCUT2D eigenvalue weighted by Crippen LogP contribution is 2.31. The Morgan fingerprint density at radius 2 is 2.05 bits per heavy atom. The Bertz CT molecular complexity index is 273. The molecule has 1 amide bonds. The van der Waals surface area contributed by atoms with E-state index in [1.165, 1.54) is 0 Å². The van der Waals surface area contributed by atoms with E-state index in [0.717, 1.165) is 51.0 Å². The maximum atomic E-state index is 12.0. The van der Waals surface area contributed by atoms with E-state index >= 15 is 0 Å². The largest absolute Gasteiger partial charge is 0.394 e. The van der Waals surface area contributed by atoms with Gasteiger partial charge in [0.15, 0.2) is 0 Å². The number of aliphatic hydroxyl groups is 1. The number of unbranched alkanes of at least 4 members (excludes halogenated alkanes) is 1. The molecular formula is C15H30N2O2. The lowest BCUT2D eigenvalue weighted by molar-refractivity contribution is -0.123. The van der Waals surface area contributed by atoms with Crippen LogP contribution in [0, 0.1) is 5.92 Å². The van der Waals surface area contributed by atoms with Gasteiger partial charge in [0.2, 0.25) is 5.91 Å². The minimum Gasteiger partial charge on any atom is -0.394 e. The highest BCUT2D eigenvalue weighted by atomic mass is 16.3. The first-order valence-electron chi connectivity index (χ1n) is 7.69. The van der Waals surface area contributed by atoms with Crippen LogP contribution in [0.25, 0.3) is 0 Å². The lowest BCUT2D eigenvalue weighted by Gasteiger charge is -2.40. The molecule has 1 atom stereocenters. The molecule has 1 fully saturated rings. The monoisotopic (exact) mass is 270 g/mol. The minimum absolute atomic E-state index is 0.0416. The summed E-state index contributed by atoms with van der Waals surface area (Å²) in [6, 6.07) is -0.239. The first-order valence-corrected chi connectivity index (χ1v) is 7.69. The standard InChI is InChI=1S/C15H30N2O2/c1-4-5-10-16-14(19)13(3)17-15(11-18)8-6-12(2)7-9-15/h12-13,17-18H,4-11H2,1-3H3,(H,16,19). The molecule has 0 spiro atoms. The molecule has 1 aliphatic rings. The van der Waals surface area contributed by atoms with Gasteiger partial charge in [0.25, 0.3) is 0 Å². The molecule has 0 bridgehead atoms. The maximum Gasteiger partial charge on any atom is 0.236 e. The van der Waals surface area contributed by atoms with Gasteiger partial charge in [-0.25, -0.2) is 0 Å². The van der Waals surface area contributed by atoms with Crippen LogP contribution < -0.4 is 10.6 Å². The van der Waals surface area contributed by atoms with Crippen LogP contribution >= 0.6 is 0 Å². The molecule has 4 nitrogen and oxygen atoms in total. The van der Waals surface area contributed by atoms with E-state index < -0.39 is 0 Å². The van der Waals surface area contributed by atoms with Crippen LogP contribution in [0.4, 0.5) is 0 Å². The Labute approximate surface area is 117 Å². The van der Waals surface area contributed by atoms with Crippen LogP contribution in [0.15, 0.2) is 0 Å². The van der Waals surface area contributed by atoms with Gasteiger partial charge in [0.05, 0.1) is 12.6 Å². The quantitative estimate of drug-likeness (QED) is 0.618. The van der Waals surface area contributed by atoms with E-state index in [2.05, 4.69) is 24.5 Å². The highest BCUT2D eigenvalue weighted by molar-refractivity contribution is 5.81. The van der Waals surface area contributed by atoms with E-state index in [0.29, 0.717) is 0 Å². The minimum atomic E-state index is -0.256. The molecule has 0 heterocycles. The van der Waals surface area contributed by atoms with Crippen molar-refractivity contribution in [3.8, 4) is 0 Å². The van der Waals surface area contributed by atoms with Crippen molar-refractivity contribution in [1.82, 2.24) is 10.6 Å². The summed E-state index contributed by atoms with van der Waals surface area (Å²) in [5.41, 5.74) is -0.256. The second-order valence-electron chi connectivity index (χ2n) is 6.13. The fraction of sp³-hybridized carbons (Fsp3) is 0.933. The number of nitrogens with one attached hydrogen (secondary N) is 2. The van der Waals surface area contributed by atoms with E-state index in [1.54, 1.807) is 0 Å². The average molecular weight is 270 g/mol. The van der Waals surface area contributed by atoms with E-state index in [9.17, 15) is 9.90 Å². The molecule has 1 aliphatic carbocycles. The van der Waals surface area contributed by atoms with Gasteiger partial charge in [-0.1, -0.05) is 20.3 Å². The number of amides is 1. The number of aliphatic hydroxyl groups excluding tert-OH is 1. The molecule has 19 heavy (non-hydrogen) atoms. The van der Waals surface area contributed by atoms with E-state index in [4.69, 9.17) is 0 Å². The van der Waals surface area contributed by atoms with Gasteiger partial charge in [0, 0.05) is 12.1 Å². The first-order chi connectivity index (χ1) is 9.03. The average Bonchev–Trinajstić information content (AvgIpc) is 2.42. The zero-order valence-electron chi connectivity index (χ0n) is 12.7. The molecule has 0 aromatic heterocycles. The molecular weight excluding hydrogens is 240 g/mol. The van der Waals surface area contributed by atoms with Gasteiger partial charge in [0.1, 0.15) is 0 Å². The maximum absolute atomic E-state index is 12.0. The summed E-state index contributed by atoms with van der Waals surface area (Å²) in [6.07, 6.45) is 6.26. The third-order valence-electron chi connectivity index (χ3n) is 4.28. The van der Waals surface area contributed by atoms with E-state index in [-0.39, 0.29) is 24.1 Å².